The highest BCUT2D eigenvalue weighted by atomic mass is 15.2. The molecule has 0 unspecified atom stereocenters. The first kappa shape index (κ1) is 23.1. The lowest BCUT2D eigenvalue weighted by molar-refractivity contribution is 0.462. The molecule has 0 radical (unpaired) electrons. The molecule has 1 fully saturated rings. The lowest BCUT2D eigenvalue weighted by Gasteiger charge is -2.36. The van der Waals surface area contributed by atoms with Gasteiger partial charge in [-0.05, 0) is 92.3 Å². The molecule has 34 heavy (non-hydrogen) atoms. The summed E-state index contributed by atoms with van der Waals surface area (Å²) in [6.07, 6.45) is 8.13. The fourth-order valence-corrected chi connectivity index (χ4v) is 5.87. The summed E-state index contributed by atoms with van der Waals surface area (Å²) in [5.74, 6) is 0. The Balaban J connectivity index is 1.42. The minimum absolute atomic E-state index is 0.480. The van der Waals surface area contributed by atoms with E-state index in [1.807, 2.05) is 0 Å². The fourth-order valence-electron chi connectivity index (χ4n) is 5.87. The average Bonchev–Trinajstić information content (AvgIpc) is 2.83. The standard InChI is InChI=1S/C31H39N3/c1-4-23-12-8-13-24(5-2)31(23)29-21-30(34-19-10-20-34)26(22(3)33-29)17-18-32-28-16-9-14-25-11-6-7-15-27(25)28/h6-8,11-13,15,21,28,32H,4-5,9-10,14,16-20H2,1-3H3/t28-/m0/s1. The molecule has 0 saturated carbocycles. The summed E-state index contributed by atoms with van der Waals surface area (Å²) >= 11 is 0. The van der Waals surface area contributed by atoms with Crippen molar-refractivity contribution >= 4 is 5.69 Å². The number of fused-ring (bicyclic) bond motifs is 1. The fraction of sp³-hybridized carbons (Fsp3) is 0.452. The number of pyridine rings is 1. The third kappa shape index (κ3) is 4.51. The Bertz CT molecular complexity index is 1120. The van der Waals surface area contributed by atoms with E-state index in [9.17, 15) is 0 Å². The number of hydrogen-bond acceptors (Lipinski definition) is 3. The summed E-state index contributed by atoms with van der Waals surface area (Å²) in [6.45, 7) is 10.0. The van der Waals surface area contributed by atoms with E-state index in [2.05, 4.69) is 79.5 Å². The highest BCUT2D eigenvalue weighted by Gasteiger charge is 2.23. The summed E-state index contributed by atoms with van der Waals surface area (Å²) in [6, 6.07) is 18.6. The SMILES string of the molecule is CCc1cccc(CC)c1-c1cc(N2CCC2)c(CCN[C@H]2CCCc3ccccc32)c(C)n1. The molecule has 1 aromatic heterocycles. The van der Waals surface area contributed by atoms with Gasteiger partial charge in [0.2, 0.25) is 0 Å². The van der Waals surface area contributed by atoms with Crippen molar-refractivity contribution in [1.29, 1.82) is 0 Å². The summed E-state index contributed by atoms with van der Waals surface area (Å²) in [5.41, 5.74) is 12.4. The zero-order valence-electron chi connectivity index (χ0n) is 21.2. The second-order valence-electron chi connectivity index (χ2n) is 9.94. The van der Waals surface area contributed by atoms with Crippen LogP contribution in [0.25, 0.3) is 11.3 Å². The highest BCUT2D eigenvalue weighted by Crippen LogP contribution is 2.35. The van der Waals surface area contributed by atoms with E-state index in [0.29, 0.717) is 6.04 Å². The van der Waals surface area contributed by atoms with Gasteiger partial charge in [-0.1, -0.05) is 56.3 Å². The molecular formula is C31H39N3. The zero-order chi connectivity index (χ0) is 23.5. The van der Waals surface area contributed by atoms with Crippen LogP contribution in [0.2, 0.25) is 0 Å². The number of rotatable bonds is 8. The van der Waals surface area contributed by atoms with Crippen LogP contribution in [0.1, 0.15) is 72.7 Å². The predicted molar refractivity (Wildman–Crippen MR) is 144 cm³/mol. The van der Waals surface area contributed by atoms with E-state index >= 15 is 0 Å². The van der Waals surface area contributed by atoms with Crippen molar-refractivity contribution in [2.75, 3.05) is 24.5 Å². The zero-order valence-corrected chi connectivity index (χ0v) is 21.2. The molecule has 2 heterocycles. The van der Waals surface area contributed by atoms with Crippen LogP contribution < -0.4 is 10.2 Å². The first-order chi connectivity index (χ1) is 16.7. The van der Waals surface area contributed by atoms with Gasteiger partial charge in [-0.15, -0.1) is 0 Å². The van der Waals surface area contributed by atoms with Crippen LogP contribution in [-0.4, -0.2) is 24.6 Å². The van der Waals surface area contributed by atoms with Crippen LogP contribution in [0, 0.1) is 6.92 Å². The van der Waals surface area contributed by atoms with Crippen molar-refractivity contribution in [3.63, 3.8) is 0 Å². The first-order valence-electron chi connectivity index (χ1n) is 13.4. The van der Waals surface area contributed by atoms with Gasteiger partial charge in [0.15, 0.2) is 0 Å². The van der Waals surface area contributed by atoms with E-state index in [4.69, 9.17) is 4.98 Å². The Hall–Kier alpha value is -2.65. The van der Waals surface area contributed by atoms with Crippen molar-refractivity contribution in [1.82, 2.24) is 10.3 Å². The molecule has 1 aliphatic carbocycles. The number of benzene rings is 2. The van der Waals surface area contributed by atoms with Crippen LogP contribution in [0.4, 0.5) is 5.69 Å². The van der Waals surface area contributed by atoms with Gasteiger partial charge >= 0.3 is 0 Å². The van der Waals surface area contributed by atoms with E-state index in [1.54, 1.807) is 0 Å². The van der Waals surface area contributed by atoms with Crippen LogP contribution >= 0.6 is 0 Å². The van der Waals surface area contributed by atoms with Gasteiger partial charge in [0.05, 0.1) is 5.69 Å². The molecule has 1 atom stereocenters. The quantitative estimate of drug-likeness (QED) is 0.416. The van der Waals surface area contributed by atoms with E-state index in [0.717, 1.165) is 44.6 Å². The smallest absolute Gasteiger partial charge is 0.0731 e. The number of aromatic nitrogens is 1. The Labute approximate surface area is 205 Å². The Morgan fingerprint density at radius 2 is 1.74 bits per heavy atom. The summed E-state index contributed by atoms with van der Waals surface area (Å²) in [7, 11) is 0. The number of anilines is 1. The van der Waals surface area contributed by atoms with Gasteiger partial charge < -0.3 is 10.2 Å². The van der Waals surface area contributed by atoms with Crippen molar-refractivity contribution < 1.29 is 0 Å². The van der Waals surface area contributed by atoms with E-state index < -0.39 is 0 Å². The third-order valence-electron chi connectivity index (χ3n) is 7.89. The summed E-state index contributed by atoms with van der Waals surface area (Å²) < 4.78 is 0. The van der Waals surface area contributed by atoms with Crippen LogP contribution in [0.15, 0.2) is 48.5 Å². The summed E-state index contributed by atoms with van der Waals surface area (Å²) in [4.78, 5) is 7.77. The number of nitrogens with zero attached hydrogens (tertiary/aromatic N) is 2. The van der Waals surface area contributed by atoms with E-state index in [1.165, 1.54) is 70.4 Å². The van der Waals surface area contributed by atoms with Gasteiger partial charge in [0.25, 0.3) is 0 Å². The van der Waals surface area contributed by atoms with Crippen molar-refractivity contribution in [3.8, 4) is 11.3 Å². The first-order valence-corrected chi connectivity index (χ1v) is 13.4. The maximum Gasteiger partial charge on any atom is 0.0731 e. The van der Waals surface area contributed by atoms with Gasteiger partial charge in [-0.2, -0.15) is 0 Å². The molecule has 1 saturated heterocycles. The molecule has 2 aliphatic rings. The largest absolute Gasteiger partial charge is 0.371 e. The number of nitrogens with one attached hydrogen (secondary N) is 1. The average molecular weight is 454 g/mol. The molecular weight excluding hydrogens is 414 g/mol. The van der Waals surface area contributed by atoms with Crippen LogP contribution in [0.5, 0.6) is 0 Å². The minimum Gasteiger partial charge on any atom is -0.371 e. The predicted octanol–water partition coefficient (Wildman–Crippen LogP) is 6.60. The molecule has 178 valence electrons. The second kappa shape index (κ2) is 10.3. The molecule has 5 rings (SSSR count). The number of aryl methyl sites for hydroxylation is 4. The van der Waals surface area contributed by atoms with Crippen molar-refractivity contribution in [2.45, 2.75) is 71.8 Å². The van der Waals surface area contributed by atoms with Gasteiger partial charge in [0, 0.05) is 36.1 Å². The lowest BCUT2D eigenvalue weighted by atomic mass is 9.87. The maximum atomic E-state index is 5.21. The molecule has 3 aromatic rings. The molecule has 0 bridgehead atoms. The Morgan fingerprint density at radius 1 is 0.971 bits per heavy atom. The molecule has 3 heteroatoms. The molecule has 0 amide bonds. The minimum atomic E-state index is 0.480. The third-order valence-corrected chi connectivity index (χ3v) is 7.89. The molecule has 0 spiro atoms. The second-order valence-corrected chi connectivity index (χ2v) is 9.94. The molecule has 1 aliphatic heterocycles. The summed E-state index contributed by atoms with van der Waals surface area (Å²) in [5, 5.41) is 3.89. The monoisotopic (exact) mass is 453 g/mol. The normalized spacial score (nSPS) is 17.4. The Morgan fingerprint density at radius 3 is 2.44 bits per heavy atom. The lowest BCUT2D eigenvalue weighted by Crippen LogP contribution is -2.38. The van der Waals surface area contributed by atoms with Crippen LogP contribution in [-0.2, 0) is 25.7 Å². The van der Waals surface area contributed by atoms with Crippen molar-refractivity contribution in [2.24, 2.45) is 0 Å². The molecule has 3 nitrogen and oxygen atoms in total. The van der Waals surface area contributed by atoms with E-state index in [-0.39, 0.29) is 0 Å². The Kier molecular flexibility index (Phi) is 7.01. The van der Waals surface area contributed by atoms with Gasteiger partial charge in [-0.3, -0.25) is 4.98 Å². The van der Waals surface area contributed by atoms with Crippen LogP contribution in [0.3, 0.4) is 0 Å². The van der Waals surface area contributed by atoms with Gasteiger partial charge in [0.1, 0.15) is 0 Å². The topological polar surface area (TPSA) is 28.2 Å². The molecule has 2 aromatic carbocycles. The van der Waals surface area contributed by atoms with Crippen molar-refractivity contribution in [3.05, 3.63) is 82.0 Å². The number of hydrogen-bond donors (Lipinski definition) is 1. The highest BCUT2D eigenvalue weighted by molar-refractivity contribution is 5.73. The van der Waals surface area contributed by atoms with Gasteiger partial charge in [-0.25, -0.2) is 0 Å². The molecule has 1 N–H and O–H groups in total. The maximum absolute atomic E-state index is 5.21.